The van der Waals surface area contributed by atoms with E-state index >= 15 is 0 Å². The van der Waals surface area contributed by atoms with Gasteiger partial charge in [0.2, 0.25) is 5.91 Å². The molecule has 1 unspecified atom stereocenters. The molecule has 21 heavy (non-hydrogen) atoms. The zero-order chi connectivity index (χ0) is 14.5. The molecule has 0 radical (unpaired) electrons. The Morgan fingerprint density at radius 1 is 1.33 bits per heavy atom. The summed E-state index contributed by atoms with van der Waals surface area (Å²) in [5, 5.41) is 4.01. The van der Waals surface area contributed by atoms with Crippen LogP contribution in [0.1, 0.15) is 18.1 Å². The quantitative estimate of drug-likeness (QED) is 0.849. The van der Waals surface area contributed by atoms with Crippen LogP contribution in [0.2, 0.25) is 0 Å². The fourth-order valence-corrected chi connectivity index (χ4v) is 2.46. The Labute approximate surface area is 123 Å². The number of carbonyl (C=O) groups excluding carboxylic acids is 1. The third-order valence-corrected chi connectivity index (χ3v) is 3.61. The fraction of sp³-hybridized carbons (Fsp3) is 0.400. The smallest absolute Gasteiger partial charge is 0.224 e. The minimum Gasteiger partial charge on any atom is -0.370 e. The molecule has 1 amide bonds. The zero-order valence-electron chi connectivity index (χ0n) is 11.8. The highest BCUT2D eigenvalue weighted by Gasteiger charge is 2.24. The number of amides is 1. The highest BCUT2D eigenvalue weighted by molar-refractivity contribution is 5.76. The molecule has 1 atom stereocenters. The van der Waals surface area contributed by atoms with Crippen molar-refractivity contribution in [3.05, 3.63) is 48.5 Å². The molecule has 2 aromatic rings. The van der Waals surface area contributed by atoms with E-state index in [0.29, 0.717) is 32.7 Å². The predicted octanol–water partition coefficient (Wildman–Crippen LogP) is 1.27. The molecule has 0 aliphatic carbocycles. The number of carbonyl (C=O) groups is 1. The first-order valence-electron chi connectivity index (χ1n) is 7.09. The van der Waals surface area contributed by atoms with Crippen molar-refractivity contribution in [2.45, 2.75) is 19.1 Å². The maximum Gasteiger partial charge on any atom is 0.224 e. The topological polar surface area (TPSA) is 60.2 Å². The molecule has 0 saturated carbocycles. The summed E-state index contributed by atoms with van der Waals surface area (Å²) in [5.41, 5.74) is 1.12. The van der Waals surface area contributed by atoms with Gasteiger partial charge in [-0.15, -0.1) is 0 Å². The lowest BCUT2D eigenvalue weighted by Gasteiger charge is -2.33. The minimum atomic E-state index is -0.0322. The first-order chi connectivity index (χ1) is 10.3. The molecular weight excluding hydrogens is 268 g/mol. The SMILES string of the molecule is O=C(CCn1cncn1)N1CCOC(c2ccccc2)C1. The molecule has 3 rings (SSSR count). The van der Waals surface area contributed by atoms with Gasteiger partial charge in [-0.05, 0) is 5.56 Å². The van der Waals surface area contributed by atoms with Crippen molar-refractivity contribution in [1.82, 2.24) is 19.7 Å². The van der Waals surface area contributed by atoms with Crippen molar-refractivity contribution in [3.63, 3.8) is 0 Å². The number of nitrogens with zero attached hydrogens (tertiary/aromatic N) is 4. The van der Waals surface area contributed by atoms with Crippen molar-refractivity contribution in [3.8, 4) is 0 Å². The van der Waals surface area contributed by atoms with Gasteiger partial charge in [0.15, 0.2) is 0 Å². The van der Waals surface area contributed by atoms with Crippen molar-refractivity contribution >= 4 is 5.91 Å². The summed E-state index contributed by atoms with van der Waals surface area (Å²) in [4.78, 5) is 18.0. The number of morpholine rings is 1. The van der Waals surface area contributed by atoms with E-state index in [4.69, 9.17) is 4.74 Å². The van der Waals surface area contributed by atoms with Crippen molar-refractivity contribution < 1.29 is 9.53 Å². The summed E-state index contributed by atoms with van der Waals surface area (Å²) in [6.45, 7) is 2.40. The van der Waals surface area contributed by atoms with E-state index < -0.39 is 0 Å². The van der Waals surface area contributed by atoms with E-state index in [-0.39, 0.29) is 12.0 Å². The molecule has 1 aliphatic rings. The number of hydrogen-bond donors (Lipinski definition) is 0. The van der Waals surface area contributed by atoms with Gasteiger partial charge in [-0.2, -0.15) is 5.10 Å². The summed E-state index contributed by atoms with van der Waals surface area (Å²) in [6, 6.07) is 10.0. The van der Waals surface area contributed by atoms with Crippen LogP contribution in [-0.4, -0.2) is 45.3 Å². The van der Waals surface area contributed by atoms with Gasteiger partial charge in [0, 0.05) is 13.0 Å². The number of ether oxygens (including phenoxy) is 1. The summed E-state index contributed by atoms with van der Waals surface area (Å²) in [6.07, 6.45) is 3.50. The maximum absolute atomic E-state index is 12.3. The van der Waals surface area contributed by atoms with Gasteiger partial charge >= 0.3 is 0 Å². The van der Waals surface area contributed by atoms with E-state index in [1.54, 1.807) is 11.0 Å². The van der Waals surface area contributed by atoms with Crippen molar-refractivity contribution in [2.75, 3.05) is 19.7 Å². The average Bonchev–Trinajstić information content (AvgIpc) is 3.07. The molecule has 6 nitrogen and oxygen atoms in total. The van der Waals surface area contributed by atoms with E-state index in [2.05, 4.69) is 10.1 Å². The summed E-state index contributed by atoms with van der Waals surface area (Å²) in [7, 11) is 0. The predicted molar refractivity (Wildman–Crippen MR) is 76.4 cm³/mol. The molecule has 110 valence electrons. The largest absolute Gasteiger partial charge is 0.370 e. The van der Waals surface area contributed by atoms with Crippen LogP contribution in [0.3, 0.4) is 0 Å². The highest BCUT2D eigenvalue weighted by Crippen LogP contribution is 2.22. The summed E-state index contributed by atoms with van der Waals surface area (Å²) < 4.78 is 7.45. The molecule has 1 fully saturated rings. The average molecular weight is 286 g/mol. The molecule has 1 aromatic heterocycles. The normalized spacial score (nSPS) is 18.7. The highest BCUT2D eigenvalue weighted by atomic mass is 16.5. The lowest BCUT2D eigenvalue weighted by atomic mass is 10.1. The van der Waals surface area contributed by atoms with Crippen LogP contribution >= 0.6 is 0 Å². The van der Waals surface area contributed by atoms with Crippen LogP contribution in [0.15, 0.2) is 43.0 Å². The second-order valence-corrected chi connectivity index (χ2v) is 5.02. The number of hydrogen-bond acceptors (Lipinski definition) is 4. The molecule has 1 aromatic carbocycles. The summed E-state index contributed by atoms with van der Waals surface area (Å²) in [5.74, 6) is 0.134. The lowest BCUT2D eigenvalue weighted by Crippen LogP contribution is -2.42. The molecule has 6 heteroatoms. The molecular formula is C15H18N4O2. The van der Waals surface area contributed by atoms with Crippen LogP contribution in [0.4, 0.5) is 0 Å². The molecule has 2 heterocycles. The Morgan fingerprint density at radius 3 is 2.95 bits per heavy atom. The molecule has 1 saturated heterocycles. The number of aromatic nitrogens is 3. The Balaban J connectivity index is 1.56. The van der Waals surface area contributed by atoms with Crippen molar-refractivity contribution in [1.29, 1.82) is 0 Å². The van der Waals surface area contributed by atoms with Crippen molar-refractivity contribution in [2.24, 2.45) is 0 Å². The van der Waals surface area contributed by atoms with Crippen LogP contribution in [0.5, 0.6) is 0 Å². The maximum atomic E-state index is 12.3. The van der Waals surface area contributed by atoms with Gasteiger partial charge < -0.3 is 9.64 Å². The van der Waals surface area contributed by atoms with Crippen LogP contribution in [0.25, 0.3) is 0 Å². The summed E-state index contributed by atoms with van der Waals surface area (Å²) >= 11 is 0. The third-order valence-electron chi connectivity index (χ3n) is 3.61. The third kappa shape index (κ3) is 3.46. The molecule has 1 aliphatic heterocycles. The Morgan fingerprint density at radius 2 is 2.19 bits per heavy atom. The Kier molecular flexibility index (Phi) is 4.25. The molecule has 0 bridgehead atoms. The lowest BCUT2D eigenvalue weighted by molar-refractivity contribution is -0.139. The van der Waals surface area contributed by atoms with E-state index in [1.165, 1.54) is 6.33 Å². The standard InChI is InChI=1S/C15H18N4O2/c20-15(6-7-19-12-16-11-17-19)18-8-9-21-14(10-18)13-4-2-1-3-5-13/h1-5,11-12,14H,6-10H2. The van der Waals surface area contributed by atoms with Crippen LogP contribution < -0.4 is 0 Å². The van der Waals surface area contributed by atoms with E-state index in [9.17, 15) is 4.79 Å². The zero-order valence-corrected chi connectivity index (χ0v) is 11.8. The second-order valence-electron chi connectivity index (χ2n) is 5.02. The van der Waals surface area contributed by atoms with E-state index in [1.807, 2.05) is 35.2 Å². The monoisotopic (exact) mass is 286 g/mol. The first kappa shape index (κ1) is 13.8. The minimum absolute atomic E-state index is 0.0322. The number of rotatable bonds is 4. The van der Waals surface area contributed by atoms with Crippen LogP contribution in [0, 0.1) is 0 Å². The van der Waals surface area contributed by atoms with Gasteiger partial charge in [-0.25, -0.2) is 4.98 Å². The van der Waals surface area contributed by atoms with Gasteiger partial charge in [0.05, 0.1) is 19.7 Å². The Hall–Kier alpha value is -2.21. The molecule has 0 N–H and O–H groups in total. The van der Waals surface area contributed by atoms with Crippen LogP contribution in [-0.2, 0) is 16.1 Å². The molecule has 0 spiro atoms. The van der Waals surface area contributed by atoms with Gasteiger partial charge in [0.1, 0.15) is 18.8 Å². The van der Waals surface area contributed by atoms with Gasteiger partial charge in [-0.1, -0.05) is 30.3 Å². The first-order valence-corrected chi connectivity index (χ1v) is 7.09. The fourth-order valence-electron chi connectivity index (χ4n) is 2.46. The number of benzene rings is 1. The van der Waals surface area contributed by atoms with E-state index in [0.717, 1.165) is 5.56 Å². The van der Waals surface area contributed by atoms with Gasteiger partial charge in [0.25, 0.3) is 0 Å². The second kappa shape index (κ2) is 6.49. The Bertz CT molecular complexity index is 571. The number of aryl methyl sites for hydroxylation is 1. The van der Waals surface area contributed by atoms with Gasteiger partial charge in [-0.3, -0.25) is 9.48 Å².